The van der Waals surface area contributed by atoms with E-state index in [4.69, 9.17) is 0 Å². The Balaban J connectivity index is 1.85. The summed E-state index contributed by atoms with van der Waals surface area (Å²) in [7, 11) is -4.25. The van der Waals surface area contributed by atoms with Gasteiger partial charge in [-0.3, -0.25) is 4.79 Å². The number of aliphatic hydroxyl groups is 1. The lowest BCUT2D eigenvalue weighted by Gasteiger charge is -2.27. The third-order valence-electron chi connectivity index (χ3n) is 5.05. The molecule has 3 aromatic rings. The molecular formula is C23H17F2NO4S. The van der Waals surface area contributed by atoms with Crippen molar-refractivity contribution in [2.75, 3.05) is 0 Å². The molecule has 0 radical (unpaired) electrons. The van der Waals surface area contributed by atoms with Crippen LogP contribution in [0.3, 0.4) is 0 Å². The van der Waals surface area contributed by atoms with Gasteiger partial charge in [0.25, 0.3) is 5.91 Å². The third kappa shape index (κ3) is 3.82. The van der Waals surface area contributed by atoms with Gasteiger partial charge in [0.2, 0.25) is 9.84 Å². The van der Waals surface area contributed by atoms with Gasteiger partial charge in [-0.2, -0.15) is 0 Å². The van der Waals surface area contributed by atoms with Crippen molar-refractivity contribution in [3.05, 3.63) is 112 Å². The predicted molar refractivity (Wildman–Crippen MR) is 109 cm³/mol. The van der Waals surface area contributed by atoms with Crippen LogP contribution < -0.4 is 0 Å². The van der Waals surface area contributed by atoms with Crippen molar-refractivity contribution in [2.24, 2.45) is 0 Å². The van der Waals surface area contributed by atoms with E-state index in [-0.39, 0.29) is 11.4 Å². The average molecular weight is 441 g/mol. The van der Waals surface area contributed by atoms with Gasteiger partial charge >= 0.3 is 0 Å². The number of aliphatic hydroxyl groups excluding tert-OH is 1. The maximum atomic E-state index is 13.5. The fraction of sp³-hybridized carbons (Fsp3) is 0.0870. The zero-order valence-electron chi connectivity index (χ0n) is 16.1. The molecule has 158 valence electrons. The summed E-state index contributed by atoms with van der Waals surface area (Å²) >= 11 is 0. The summed E-state index contributed by atoms with van der Waals surface area (Å²) in [5, 5.41) is 10.6. The lowest BCUT2D eigenvalue weighted by molar-refractivity contribution is -0.130. The van der Waals surface area contributed by atoms with E-state index in [1.165, 1.54) is 65.6 Å². The first-order valence-electron chi connectivity index (χ1n) is 9.33. The first-order valence-corrected chi connectivity index (χ1v) is 10.8. The molecule has 0 fully saturated rings. The Kier molecular flexibility index (Phi) is 5.32. The molecule has 1 N–H and O–H groups in total. The molecule has 0 saturated carbocycles. The predicted octanol–water partition coefficient (Wildman–Crippen LogP) is 4.29. The highest BCUT2D eigenvalue weighted by Crippen LogP contribution is 2.43. The van der Waals surface area contributed by atoms with Gasteiger partial charge in [-0.05, 0) is 47.5 Å². The number of carbonyl (C=O) groups is 1. The van der Waals surface area contributed by atoms with E-state index in [2.05, 4.69) is 0 Å². The largest absolute Gasteiger partial charge is 0.502 e. The number of halogens is 2. The van der Waals surface area contributed by atoms with E-state index in [0.717, 1.165) is 12.1 Å². The Morgan fingerprint density at radius 2 is 1.39 bits per heavy atom. The molecule has 31 heavy (non-hydrogen) atoms. The topological polar surface area (TPSA) is 74.7 Å². The number of amides is 1. The average Bonchev–Trinajstić information content (AvgIpc) is 3.02. The standard InChI is InChI=1S/C23H17F2NO4S/c24-17-10-6-15(7-11-17)14-26-20(16-8-12-18(25)13-9-16)22(21(27)23(26)28)31(29,30)19-4-2-1-3-5-19/h1-13,20,27H,14H2/t20-/m0/s1. The van der Waals surface area contributed by atoms with Crippen LogP contribution >= 0.6 is 0 Å². The lowest BCUT2D eigenvalue weighted by Crippen LogP contribution is -2.30. The number of hydrogen-bond acceptors (Lipinski definition) is 4. The van der Waals surface area contributed by atoms with Crippen LogP contribution in [-0.2, 0) is 21.2 Å². The molecule has 0 aliphatic carbocycles. The van der Waals surface area contributed by atoms with E-state index < -0.39 is 44.1 Å². The van der Waals surface area contributed by atoms with Gasteiger partial charge in [-0.15, -0.1) is 0 Å². The van der Waals surface area contributed by atoms with Gasteiger partial charge in [0.15, 0.2) is 5.76 Å². The second-order valence-electron chi connectivity index (χ2n) is 7.04. The SMILES string of the molecule is O=C1C(O)=C(S(=O)(=O)c2ccccc2)[C@H](c2ccc(F)cc2)N1Cc1ccc(F)cc1. The molecular weight excluding hydrogens is 424 g/mol. The zero-order valence-corrected chi connectivity index (χ0v) is 16.9. The molecule has 4 rings (SSSR count). The highest BCUT2D eigenvalue weighted by molar-refractivity contribution is 7.95. The molecule has 1 aliphatic rings. The molecule has 1 atom stereocenters. The quantitative estimate of drug-likeness (QED) is 0.641. The van der Waals surface area contributed by atoms with Crippen LogP contribution in [0.4, 0.5) is 8.78 Å². The Bertz CT molecular complexity index is 1260. The smallest absolute Gasteiger partial charge is 0.290 e. The van der Waals surface area contributed by atoms with Crippen LogP contribution in [-0.4, -0.2) is 24.3 Å². The number of benzene rings is 3. The van der Waals surface area contributed by atoms with Gasteiger partial charge < -0.3 is 10.0 Å². The number of carbonyl (C=O) groups excluding carboxylic acids is 1. The van der Waals surface area contributed by atoms with E-state index in [1.54, 1.807) is 6.07 Å². The van der Waals surface area contributed by atoms with E-state index in [9.17, 15) is 27.1 Å². The Morgan fingerprint density at radius 3 is 1.97 bits per heavy atom. The van der Waals surface area contributed by atoms with Gasteiger partial charge in [-0.25, -0.2) is 17.2 Å². The molecule has 0 bridgehead atoms. The van der Waals surface area contributed by atoms with Gasteiger partial charge in [0, 0.05) is 6.54 Å². The van der Waals surface area contributed by atoms with Crippen LogP contribution in [0.1, 0.15) is 17.2 Å². The van der Waals surface area contributed by atoms with Crippen molar-refractivity contribution in [3.8, 4) is 0 Å². The number of hydrogen-bond donors (Lipinski definition) is 1. The van der Waals surface area contributed by atoms with Crippen molar-refractivity contribution in [1.29, 1.82) is 0 Å². The molecule has 8 heteroatoms. The van der Waals surface area contributed by atoms with E-state index >= 15 is 0 Å². The van der Waals surface area contributed by atoms with Crippen molar-refractivity contribution in [1.82, 2.24) is 4.90 Å². The minimum Gasteiger partial charge on any atom is -0.502 e. The maximum absolute atomic E-state index is 13.5. The second kappa shape index (κ2) is 7.96. The monoisotopic (exact) mass is 441 g/mol. The summed E-state index contributed by atoms with van der Waals surface area (Å²) < 4.78 is 53.5. The third-order valence-corrected chi connectivity index (χ3v) is 6.94. The number of nitrogens with zero attached hydrogens (tertiary/aromatic N) is 1. The lowest BCUT2D eigenvalue weighted by atomic mass is 10.1. The Morgan fingerprint density at radius 1 is 0.839 bits per heavy atom. The minimum absolute atomic E-state index is 0.0832. The van der Waals surface area contributed by atoms with E-state index in [0.29, 0.717) is 11.1 Å². The summed E-state index contributed by atoms with van der Waals surface area (Å²) in [5.74, 6) is -2.76. The second-order valence-corrected chi connectivity index (χ2v) is 8.96. The molecule has 0 unspecified atom stereocenters. The molecule has 0 saturated heterocycles. The van der Waals surface area contributed by atoms with Crippen LogP contribution in [0.5, 0.6) is 0 Å². The number of rotatable bonds is 5. The maximum Gasteiger partial charge on any atom is 0.290 e. The van der Waals surface area contributed by atoms with Crippen molar-refractivity contribution < 1.29 is 27.1 Å². The highest BCUT2D eigenvalue weighted by Gasteiger charge is 2.46. The Labute approximate surface area is 177 Å². The molecule has 1 amide bonds. The van der Waals surface area contributed by atoms with Gasteiger partial charge in [-0.1, -0.05) is 42.5 Å². The molecule has 0 spiro atoms. The molecule has 5 nitrogen and oxygen atoms in total. The van der Waals surface area contributed by atoms with Gasteiger partial charge in [0.1, 0.15) is 16.5 Å². The molecule has 0 aromatic heterocycles. The van der Waals surface area contributed by atoms with Crippen LogP contribution in [0.2, 0.25) is 0 Å². The first kappa shape index (κ1) is 20.7. The zero-order chi connectivity index (χ0) is 22.2. The molecule has 3 aromatic carbocycles. The minimum atomic E-state index is -4.25. The summed E-state index contributed by atoms with van der Waals surface area (Å²) in [5.41, 5.74) is 0.850. The normalized spacial score (nSPS) is 16.8. The van der Waals surface area contributed by atoms with E-state index in [1.807, 2.05) is 0 Å². The van der Waals surface area contributed by atoms with Crippen LogP contribution in [0.25, 0.3) is 0 Å². The number of sulfone groups is 1. The van der Waals surface area contributed by atoms with Crippen LogP contribution in [0.15, 0.2) is 94.4 Å². The fourth-order valence-corrected chi connectivity index (χ4v) is 5.23. The molecule has 1 aliphatic heterocycles. The van der Waals surface area contributed by atoms with Crippen molar-refractivity contribution >= 4 is 15.7 Å². The van der Waals surface area contributed by atoms with Crippen molar-refractivity contribution in [3.63, 3.8) is 0 Å². The Hall–Kier alpha value is -3.52. The summed E-state index contributed by atoms with van der Waals surface area (Å²) in [6.07, 6.45) is 0. The van der Waals surface area contributed by atoms with Crippen molar-refractivity contribution in [2.45, 2.75) is 17.5 Å². The summed E-state index contributed by atoms with van der Waals surface area (Å²) in [6, 6.07) is 16.7. The first-order chi connectivity index (χ1) is 14.8. The highest BCUT2D eigenvalue weighted by atomic mass is 32.2. The molecule has 1 heterocycles. The summed E-state index contributed by atoms with van der Waals surface area (Å²) in [6.45, 7) is -0.0843. The van der Waals surface area contributed by atoms with Crippen LogP contribution in [0, 0.1) is 11.6 Å². The summed E-state index contributed by atoms with van der Waals surface area (Å²) in [4.78, 5) is 13.5. The van der Waals surface area contributed by atoms with Gasteiger partial charge in [0.05, 0.1) is 10.9 Å². The fourth-order valence-electron chi connectivity index (χ4n) is 3.56.